The first-order valence-corrected chi connectivity index (χ1v) is 11.2. The Bertz CT molecular complexity index is 1160. The third-order valence-electron chi connectivity index (χ3n) is 5.03. The van der Waals surface area contributed by atoms with Crippen molar-refractivity contribution in [2.24, 2.45) is 0 Å². The van der Waals surface area contributed by atoms with E-state index in [0.717, 1.165) is 17.3 Å². The molecule has 1 aliphatic rings. The van der Waals surface area contributed by atoms with E-state index in [9.17, 15) is 12.8 Å². The van der Waals surface area contributed by atoms with Crippen LogP contribution in [0.4, 0.5) is 4.39 Å². The molecule has 1 aromatic carbocycles. The van der Waals surface area contributed by atoms with Gasteiger partial charge in [-0.25, -0.2) is 17.8 Å². The zero-order valence-corrected chi connectivity index (χ0v) is 17.7. The normalized spacial score (nSPS) is 14.8. The number of nitrogens with zero attached hydrogens (tertiary/aromatic N) is 4. The minimum absolute atomic E-state index is 0.0669. The van der Waals surface area contributed by atoms with Gasteiger partial charge in [0.25, 0.3) is 0 Å². The van der Waals surface area contributed by atoms with Crippen molar-refractivity contribution in [2.45, 2.75) is 38.3 Å². The summed E-state index contributed by atoms with van der Waals surface area (Å²) in [6.45, 7) is 5.63. The third-order valence-corrected chi connectivity index (χ3v) is 6.91. The maximum Gasteiger partial charge on any atom is 0.247 e. The van der Waals surface area contributed by atoms with Crippen molar-refractivity contribution in [3.8, 4) is 11.6 Å². The summed E-state index contributed by atoms with van der Waals surface area (Å²) in [5.74, 6) is 0.206. The average molecular weight is 434 g/mol. The Morgan fingerprint density at radius 2 is 2.10 bits per heavy atom. The number of oxazole rings is 1. The van der Waals surface area contributed by atoms with Crippen LogP contribution in [0.5, 0.6) is 0 Å². The van der Waals surface area contributed by atoms with E-state index in [-0.39, 0.29) is 18.0 Å². The van der Waals surface area contributed by atoms with Gasteiger partial charge in [-0.15, -0.1) is 0 Å². The standard InChI is InChI=1S/C20H23FN4O4S/c1-3-28-11-10-25-17-8-9-24(30(26,27)18-7-5-4-6-16(18)21)13-15(17)19(23-25)20-22-12-14(2)29-20/h4-7,12H,3,8-11,13H2,1-2H3. The number of ether oxygens (including phenoxy) is 1. The van der Waals surface area contributed by atoms with Crippen LogP contribution in [0.3, 0.4) is 0 Å². The highest BCUT2D eigenvalue weighted by atomic mass is 32.2. The molecule has 3 heterocycles. The van der Waals surface area contributed by atoms with Gasteiger partial charge in [0.1, 0.15) is 16.5 Å². The summed E-state index contributed by atoms with van der Waals surface area (Å²) < 4.78 is 54.6. The summed E-state index contributed by atoms with van der Waals surface area (Å²) in [6, 6.07) is 5.41. The molecule has 160 valence electrons. The Morgan fingerprint density at radius 3 is 2.80 bits per heavy atom. The lowest BCUT2D eigenvalue weighted by atomic mass is 10.1. The number of aromatic nitrogens is 3. The predicted molar refractivity (Wildman–Crippen MR) is 107 cm³/mol. The quantitative estimate of drug-likeness (QED) is 0.531. The van der Waals surface area contributed by atoms with Crippen LogP contribution in [0.1, 0.15) is 23.9 Å². The maximum atomic E-state index is 14.2. The lowest BCUT2D eigenvalue weighted by molar-refractivity contribution is 0.135. The number of sulfonamides is 1. The fourth-order valence-electron chi connectivity index (χ4n) is 3.58. The number of aryl methyl sites for hydroxylation is 1. The summed E-state index contributed by atoms with van der Waals surface area (Å²) in [6.07, 6.45) is 2.04. The lowest BCUT2D eigenvalue weighted by Crippen LogP contribution is -2.37. The molecule has 0 bridgehead atoms. The minimum atomic E-state index is -4.00. The molecule has 8 nitrogen and oxygen atoms in total. The molecule has 4 rings (SSSR count). The topological polar surface area (TPSA) is 90.5 Å². The number of fused-ring (bicyclic) bond motifs is 1. The van der Waals surface area contributed by atoms with Crippen molar-refractivity contribution in [2.75, 3.05) is 19.8 Å². The molecule has 0 saturated carbocycles. The number of hydrogen-bond donors (Lipinski definition) is 0. The first-order valence-electron chi connectivity index (χ1n) is 9.75. The van der Waals surface area contributed by atoms with Gasteiger partial charge in [0.15, 0.2) is 5.69 Å². The van der Waals surface area contributed by atoms with Gasteiger partial charge < -0.3 is 9.15 Å². The summed E-state index contributed by atoms with van der Waals surface area (Å²) in [4.78, 5) is 3.93. The Kier molecular flexibility index (Phi) is 5.72. The molecule has 0 spiro atoms. The second-order valence-corrected chi connectivity index (χ2v) is 8.90. The molecule has 1 aliphatic heterocycles. The van der Waals surface area contributed by atoms with Crippen LogP contribution in [0.2, 0.25) is 0 Å². The van der Waals surface area contributed by atoms with Gasteiger partial charge in [-0.05, 0) is 26.0 Å². The van der Waals surface area contributed by atoms with Gasteiger partial charge in [-0.1, -0.05) is 12.1 Å². The fourth-order valence-corrected chi connectivity index (χ4v) is 5.05. The molecule has 30 heavy (non-hydrogen) atoms. The van der Waals surface area contributed by atoms with Crippen molar-refractivity contribution >= 4 is 10.0 Å². The van der Waals surface area contributed by atoms with Gasteiger partial charge in [-0.2, -0.15) is 9.40 Å². The monoisotopic (exact) mass is 434 g/mol. The highest BCUT2D eigenvalue weighted by Gasteiger charge is 2.34. The highest BCUT2D eigenvalue weighted by molar-refractivity contribution is 7.89. The van der Waals surface area contributed by atoms with E-state index in [4.69, 9.17) is 9.15 Å². The second kappa shape index (κ2) is 8.29. The van der Waals surface area contributed by atoms with Gasteiger partial charge in [0, 0.05) is 37.4 Å². The van der Waals surface area contributed by atoms with Crippen LogP contribution in [-0.2, 0) is 34.3 Å². The van der Waals surface area contributed by atoms with E-state index in [2.05, 4.69) is 10.1 Å². The van der Waals surface area contributed by atoms with Crippen LogP contribution >= 0.6 is 0 Å². The predicted octanol–water partition coefficient (Wildman–Crippen LogP) is 2.77. The second-order valence-electron chi connectivity index (χ2n) is 6.99. The van der Waals surface area contributed by atoms with Crippen molar-refractivity contribution in [1.29, 1.82) is 0 Å². The minimum Gasteiger partial charge on any atom is -0.440 e. The summed E-state index contributed by atoms with van der Waals surface area (Å²) >= 11 is 0. The van der Waals surface area contributed by atoms with E-state index in [1.54, 1.807) is 13.1 Å². The molecule has 0 atom stereocenters. The van der Waals surface area contributed by atoms with Crippen LogP contribution < -0.4 is 0 Å². The van der Waals surface area contributed by atoms with Crippen LogP contribution in [-0.4, -0.2) is 47.2 Å². The molecule has 3 aromatic rings. The summed E-state index contributed by atoms with van der Waals surface area (Å²) in [5.41, 5.74) is 2.14. The van der Waals surface area contributed by atoms with Gasteiger partial charge in [0.2, 0.25) is 15.9 Å². The number of rotatable bonds is 7. The zero-order valence-electron chi connectivity index (χ0n) is 16.8. The third kappa shape index (κ3) is 3.78. The molecule has 2 aromatic heterocycles. The fraction of sp³-hybridized carbons (Fsp3) is 0.400. The number of benzene rings is 1. The molecule has 0 N–H and O–H groups in total. The molecule has 0 saturated heterocycles. The van der Waals surface area contributed by atoms with Crippen molar-refractivity contribution in [1.82, 2.24) is 19.1 Å². The summed E-state index contributed by atoms with van der Waals surface area (Å²) in [7, 11) is -4.00. The van der Waals surface area contributed by atoms with Gasteiger partial charge >= 0.3 is 0 Å². The van der Waals surface area contributed by atoms with E-state index in [0.29, 0.717) is 43.5 Å². The summed E-state index contributed by atoms with van der Waals surface area (Å²) in [5, 5.41) is 4.64. The molecular weight excluding hydrogens is 411 g/mol. The zero-order chi connectivity index (χ0) is 21.3. The molecule has 0 radical (unpaired) electrons. The average Bonchev–Trinajstić information content (AvgIpc) is 3.31. The largest absolute Gasteiger partial charge is 0.440 e. The molecule has 10 heteroatoms. The van der Waals surface area contributed by atoms with Crippen LogP contribution in [0, 0.1) is 12.7 Å². The lowest BCUT2D eigenvalue weighted by Gasteiger charge is -2.27. The molecule has 0 amide bonds. The molecule has 0 unspecified atom stereocenters. The SMILES string of the molecule is CCOCCn1nc(-c2ncc(C)o2)c2c1CCN(S(=O)(=O)c1ccccc1F)C2. The molecule has 0 fully saturated rings. The van der Waals surface area contributed by atoms with Crippen molar-refractivity contribution in [3.63, 3.8) is 0 Å². The van der Waals surface area contributed by atoms with E-state index < -0.39 is 15.8 Å². The first kappa shape index (κ1) is 20.7. The van der Waals surface area contributed by atoms with E-state index in [1.165, 1.54) is 22.5 Å². The molecule has 0 aliphatic carbocycles. The van der Waals surface area contributed by atoms with Crippen molar-refractivity contribution in [3.05, 3.63) is 53.3 Å². The van der Waals surface area contributed by atoms with Crippen LogP contribution in [0.25, 0.3) is 11.6 Å². The highest BCUT2D eigenvalue weighted by Crippen LogP contribution is 2.32. The Balaban J connectivity index is 1.72. The Labute approximate surface area is 174 Å². The molecular formula is C20H23FN4O4S. The Hall–Kier alpha value is -2.56. The maximum absolute atomic E-state index is 14.2. The van der Waals surface area contributed by atoms with Gasteiger partial charge in [0.05, 0.1) is 19.3 Å². The van der Waals surface area contributed by atoms with E-state index in [1.807, 2.05) is 11.6 Å². The van der Waals surface area contributed by atoms with Crippen LogP contribution in [0.15, 0.2) is 39.8 Å². The number of hydrogen-bond acceptors (Lipinski definition) is 6. The smallest absolute Gasteiger partial charge is 0.247 e. The van der Waals surface area contributed by atoms with Crippen molar-refractivity contribution < 1.29 is 22.0 Å². The Morgan fingerprint density at radius 1 is 1.30 bits per heavy atom. The van der Waals surface area contributed by atoms with E-state index >= 15 is 0 Å². The van der Waals surface area contributed by atoms with Gasteiger partial charge in [-0.3, -0.25) is 4.68 Å². The first-order chi connectivity index (χ1) is 14.4. The number of halogens is 1.